The summed E-state index contributed by atoms with van der Waals surface area (Å²) in [5, 5.41) is 30.0. The maximum absolute atomic E-state index is 14.4. The second-order valence-corrected chi connectivity index (χ2v) is 9.71. The number of halogens is 2. The number of nitrogens with zero attached hydrogens (tertiary/aromatic N) is 5. The van der Waals surface area contributed by atoms with Gasteiger partial charge in [0.15, 0.2) is 5.69 Å². The molecule has 184 valence electrons. The Morgan fingerprint density at radius 1 is 1.06 bits per heavy atom. The standard InChI is InChI=1S/C19H22BrFN6O6S/c1-4-8-25(9-5-2)12-6-7-13(14(10-12)24-34(3,32)33)22-23-19-16(27(30)31)11-15(26(28)29)18(21)17(19)20/h6-7,10-11,24H,4-5,8-9H2,1-3H3/b23-22+. The van der Waals surface area contributed by atoms with Gasteiger partial charge in [0.1, 0.15) is 5.69 Å². The number of azo groups is 1. The number of nitro benzene ring substituents is 2. The molecule has 0 aliphatic heterocycles. The lowest BCUT2D eigenvalue weighted by atomic mass is 10.2. The molecule has 0 amide bonds. The molecule has 0 saturated heterocycles. The van der Waals surface area contributed by atoms with Crippen LogP contribution in [0.4, 0.5) is 38.5 Å². The van der Waals surface area contributed by atoms with Crippen LogP contribution in [0.3, 0.4) is 0 Å². The minimum Gasteiger partial charge on any atom is -0.371 e. The predicted octanol–water partition coefficient (Wildman–Crippen LogP) is 5.82. The Morgan fingerprint density at radius 2 is 1.65 bits per heavy atom. The number of sulfonamides is 1. The van der Waals surface area contributed by atoms with E-state index in [2.05, 4.69) is 35.8 Å². The van der Waals surface area contributed by atoms with Gasteiger partial charge in [-0.05, 0) is 47.0 Å². The molecule has 0 radical (unpaired) electrons. The average molecular weight is 561 g/mol. The maximum Gasteiger partial charge on any atom is 0.313 e. The van der Waals surface area contributed by atoms with Crippen LogP contribution < -0.4 is 9.62 Å². The van der Waals surface area contributed by atoms with Gasteiger partial charge in [-0.15, -0.1) is 10.2 Å². The van der Waals surface area contributed by atoms with E-state index in [1.807, 2.05) is 13.8 Å². The van der Waals surface area contributed by atoms with Crippen LogP contribution in [-0.4, -0.2) is 37.6 Å². The Bertz CT molecular complexity index is 1230. The third-order valence-corrected chi connectivity index (χ3v) is 5.73. The molecule has 15 heteroatoms. The zero-order valence-electron chi connectivity index (χ0n) is 18.5. The van der Waals surface area contributed by atoms with E-state index >= 15 is 0 Å². The summed E-state index contributed by atoms with van der Waals surface area (Å²) in [6, 6.07) is 5.15. The summed E-state index contributed by atoms with van der Waals surface area (Å²) in [5.41, 5.74) is -1.77. The smallest absolute Gasteiger partial charge is 0.313 e. The van der Waals surface area contributed by atoms with Crippen LogP contribution in [0.15, 0.2) is 39.0 Å². The van der Waals surface area contributed by atoms with Crippen molar-refractivity contribution in [3.05, 3.63) is 54.8 Å². The fourth-order valence-corrected chi connectivity index (χ4v) is 4.11. The van der Waals surface area contributed by atoms with Crippen molar-refractivity contribution in [2.75, 3.05) is 29.0 Å². The number of nitrogens with one attached hydrogen (secondary N) is 1. The molecular weight excluding hydrogens is 539 g/mol. The van der Waals surface area contributed by atoms with Crippen molar-refractivity contribution in [3.63, 3.8) is 0 Å². The van der Waals surface area contributed by atoms with Gasteiger partial charge in [-0.1, -0.05) is 13.8 Å². The highest BCUT2D eigenvalue weighted by molar-refractivity contribution is 9.10. The van der Waals surface area contributed by atoms with Gasteiger partial charge < -0.3 is 4.90 Å². The molecule has 0 unspecified atom stereocenters. The molecule has 0 heterocycles. The second kappa shape index (κ2) is 11.3. The van der Waals surface area contributed by atoms with E-state index in [0.29, 0.717) is 6.07 Å². The Hall–Kier alpha value is -3.20. The number of hydrogen-bond acceptors (Lipinski definition) is 9. The predicted molar refractivity (Wildman–Crippen MR) is 129 cm³/mol. The minimum absolute atomic E-state index is 0.00193. The van der Waals surface area contributed by atoms with Crippen molar-refractivity contribution in [1.29, 1.82) is 0 Å². The molecule has 0 bridgehead atoms. The van der Waals surface area contributed by atoms with Crippen LogP contribution >= 0.6 is 15.9 Å². The van der Waals surface area contributed by atoms with E-state index in [4.69, 9.17) is 0 Å². The molecule has 34 heavy (non-hydrogen) atoms. The molecule has 0 spiro atoms. The topological polar surface area (TPSA) is 160 Å². The molecule has 2 aromatic rings. The summed E-state index contributed by atoms with van der Waals surface area (Å²) in [7, 11) is -3.72. The first kappa shape index (κ1) is 27.0. The Kier molecular flexibility index (Phi) is 8.98. The van der Waals surface area contributed by atoms with Crippen LogP contribution in [0.1, 0.15) is 26.7 Å². The summed E-state index contributed by atoms with van der Waals surface area (Å²) >= 11 is 2.77. The van der Waals surface area contributed by atoms with Gasteiger partial charge >= 0.3 is 11.4 Å². The highest BCUT2D eigenvalue weighted by atomic mass is 79.9. The highest BCUT2D eigenvalue weighted by Crippen LogP contribution is 2.43. The molecular formula is C19H22BrFN6O6S. The van der Waals surface area contributed by atoms with E-state index in [1.54, 1.807) is 12.1 Å². The summed E-state index contributed by atoms with van der Waals surface area (Å²) in [6.45, 7) is 5.48. The molecule has 12 nitrogen and oxygen atoms in total. The molecule has 0 aliphatic carbocycles. The number of benzene rings is 2. The van der Waals surface area contributed by atoms with Gasteiger partial charge in [0, 0.05) is 18.8 Å². The highest BCUT2D eigenvalue weighted by Gasteiger charge is 2.30. The lowest BCUT2D eigenvalue weighted by Gasteiger charge is -2.24. The van der Waals surface area contributed by atoms with Crippen LogP contribution in [0.25, 0.3) is 0 Å². The van der Waals surface area contributed by atoms with Crippen molar-refractivity contribution in [3.8, 4) is 0 Å². The molecule has 2 aromatic carbocycles. The molecule has 0 fully saturated rings. The summed E-state index contributed by atoms with van der Waals surface area (Å²) in [6.07, 6.45) is 2.67. The van der Waals surface area contributed by atoms with Gasteiger partial charge in [-0.3, -0.25) is 25.0 Å². The van der Waals surface area contributed by atoms with Crippen LogP contribution in [0, 0.1) is 26.0 Å². The molecule has 0 aliphatic rings. The van der Waals surface area contributed by atoms with Crippen molar-refractivity contribution >= 4 is 60.1 Å². The summed E-state index contributed by atoms with van der Waals surface area (Å²) in [4.78, 5) is 22.4. The maximum atomic E-state index is 14.4. The molecule has 0 aromatic heterocycles. The number of anilines is 2. The van der Waals surface area contributed by atoms with E-state index in [1.165, 1.54) is 6.07 Å². The zero-order chi connectivity index (χ0) is 25.6. The van der Waals surface area contributed by atoms with Crippen molar-refractivity contribution in [1.82, 2.24) is 0 Å². The quantitative estimate of drug-likeness (QED) is 0.205. The molecule has 0 saturated carbocycles. The fraction of sp³-hybridized carbons (Fsp3) is 0.368. The van der Waals surface area contributed by atoms with Gasteiger partial charge in [-0.25, -0.2) is 8.42 Å². The first-order valence-electron chi connectivity index (χ1n) is 9.98. The molecule has 2 rings (SSSR count). The second-order valence-electron chi connectivity index (χ2n) is 7.17. The van der Waals surface area contributed by atoms with E-state index in [9.17, 15) is 33.0 Å². The van der Waals surface area contributed by atoms with E-state index in [-0.39, 0.29) is 11.4 Å². The van der Waals surface area contributed by atoms with Crippen LogP contribution in [0.5, 0.6) is 0 Å². The first-order valence-corrected chi connectivity index (χ1v) is 12.7. The lowest BCUT2D eigenvalue weighted by molar-refractivity contribution is -0.395. The SMILES string of the molecule is CCCN(CCC)c1ccc(/N=N/c2c([N+](=O)[O-])cc([N+](=O)[O-])c(F)c2Br)c(NS(C)(=O)=O)c1. The number of nitro groups is 2. The van der Waals surface area contributed by atoms with Crippen molar-refractivity contribution in [2.24, 2.45) is 10.2 Å². The Labute approximate surface area is 203 Å². The van der Waals surface area contributed by atoms with Gasteiger partial charge in [0.2, 0.25) is 15.8 Å². The largest absolute Gasteiger partial charge is 0.371 e. The summed E-state index contributed by atoms with van der Waals surface area (Å²) < 4.78 is 39.9. The Balaban J connectivity index is 2.64. The van der Waals surface area contributed by atoms with Crippen molar-refractivity contribution in [2.45, 2.75) is 26.7 Å². The number of hydrogen-bond donors (Lipinski definition) is 1. The minimum atomic E-state index is -3.72. The molecule has 1 N–H and O–H groups in total. The Morgan fingerprint density at radius 3 is 2.15 bits per heavy atom. The van der Waals surface area contributed by atoms with Gasteiger partial charge in [-0.2, -0.15) is 4.39 Å². The van der Waals surface area contributed by atoms with E-state index in [0.717, 1.165) is 37.9 Å². The third-order valence-electron chi connectivity index (χ3n) is 4.42. The van der Waals surface area contributed by atoms with Crippen molar-refractivity contribution < 1.29 is 22.7 Å². The van der Waals surface area contributed by atoms with Gasteiger partial charge in [0.25, 0.3) is 0 Å². The third kappa shape index (κ3) is 6.66. The average Bonchev–Trinajstić information content (AvgIpc) is 2.73. The number of rotatable bonds is 11. The first-order chi connectivity index (χ1) is 15.9. The fourth-order valence-electron chi connectivity index (χ4n) is 3.06. The molecule has 0 atom stereocenters. The lowest BCUT2D eigenvalue weighted by Crippen LogP contribution is -2.25. The van der Waals surface area contributed by atoms with Gasteiger partial charge in [0.05, 0.1) is 32.3 Å². The van der Waals surface area contributed by atoms with E-state index < -0.39 is 47.2 Å². The zero-order valence-corrected chi connectivity index (χ0v) is 20.9. The monoisotopic (exact) mass is 560 g/mol. The summed E-state index contributed by atoms with van der Waals surface area (Å²) in [5.74, 6) is -1.36. The van der Waals surface area contributed by atoms with Crippen LogP contribution in [0.2, 0.25) is 0 Å². The normalized spacial score (nSPS) is 11.6. The van der Waals surface area contributed by atoms with Crippen LogP contribution in [-0.2, 0) is 10.0 Å².